The summed E-state index contributed by atoms with van der Waals surface area (Å²) in [5, 5.41) is 0. The summed E-state index contributed by atoms with van der Waals surface area (Å²) in [5.74, 6) is 0. The minimum Gasteiger partial charge on any atom is -0.0651 e. The third-order valence-electron chi connectivity index (χ3n) is 4.45. The van der Waals surface area contributed by atoms with Gasteiger partial charge in [-0.2, -0.15) is 0 Å². The predicted octanol–water partition coefficient (Wildman–Crippen LogP) is 8.07. The molecule has 0 spiro atoms. The number of hydrogen-bond donors (Lipinski definition) is 0. The molecule has 0 aliphatic rings. The van der Waals surface area contributed by atoms with Crippen molar-refractivity contribution in [1.29, 1.82) is 0 Å². The van der Waals surface area contributed by atoms with Gasteiger partial charge >= 0.3 is 0 Å². The molecule has 0 aliphatic heterocycles. The van der Waals surface area contributed by atoms with Crippen molar-refractivity contribution in [3.05, 3.63) is 13.3 Å². The zero-order chi connectivity index (χ0) is 15.4. The van der Waals surface area contributed by atoms with Gasteiger partial charge in [0.15, 0.2) is 0 Å². The van der Waals surface area contributed by atoms with E-state index in [1.165, 1.54) is 109 Å². The molecular weight excluding hydrogens is 252 g/mol. The lowest BCUT2D eigenvalue weighted by Gasteiger charge is -2.03. The van der Waals surface area contributed by atoms with E-state index in [0.717, 1.165) is 6.42 Å². The van der Waals surface area contributed by atoms with E-state index < -0.39 is 0 Å². The Hall–Kier alpha value is 0. The molecule has 0 aromatic carbocycles. The Kier molecular flexibility index (Phi) is 20.0. The lowest BCUT2D eigenvalue weighted by molar-refractivity contribution is 0.530. The Morgan fingerprint density at radius 3 is 1.19 bits per heavy atom. The highest BCUT2D eigenvalue weighted by atomic mass is 14.0. The summed E-state index contributed by atoms with van der Waals surface area (Å²) < 4.78 is 0. The molecule has 0 N–H and O–H groups in total. The Bertz CT molecular complexity index is 143. The molecule has 0 aromatic heterocycles. The fourth-order valence-corrected chi connectivity index (χ4v) is 2.97. The van der Waals surface area contributed by atoms with Crippen molar-refractivity contribution in [2.75, 3.05) is 0 Å². The first-order valence-corrected chi connectivity index (χ1v) is 10.0. The van der Waals surface area contributed by atoms with E-state index in [2.05, 4.69) is 20.3 Å². The molecule has 0 heteroatoms. The van der Waals surface area contributed by atoms with Crippen molar-refractivity contribution < 1.29 is 0 Å². The minimum atomic E-state index is 1.12. The van der Waals surface area contributed by atoms with Crippen molar-refractivity contribution in [1.82, 2.24) is 0 Å². The summed E-state index contributed by atoms with van der Waals surface area (Å²) in [6, 6.07) is 0. The monoisotopic (exact) mass is 294 g/mol. The maximum Gasteiger partial charge on any atom is -0.0389 e. The smallest absolute Gasteiger partial charge is 0.0389 e. The predicted molar refractivity (Wildman–Crippen MR) is 98.4 cm³/mol. The first-order valence-electron chi connectivity index (χ1n) is 10.0. The molecular formula is C21H42. The Morgan fingerprint density at radius 2 is 0.857 bits per heavy atom. The van der Waals surface area contributed by atoms with Crippen LogP contribution in [0, 0.1) is 13.3 Å². The molecule has 0 aliphatic carbocycles. The maximum absolute atomic E-state index is 3.90. The summed E-state index contributed by atoms with van der Waals surface area (Å²) >= 11 is 0. The number of unbranched alkanes of at least 4 members (excludes halogenated alkanes) is 18. The highest BCUT2D eigenvalue weighted by molar-refractivity contribution is 4.60. The molecule has 0 unspecified atom stereocenters. The van der Waals surface area contributed by atoms with Crippen molar-refractivity contribution in [3.8, 4) is 0 Å². The van der Waals surface area contributed by atoms with E-state index in [9.17, 15) is 0 Å². The van der Waals surface area contributed by atoms with Gasteiger partial charge in [-0.1, -0.05) is 129 Å². The highest BCUT2D eigenvalue weighted by Gasteiger charge is 1.94. The standard InChI is InChI=1S/C21H42/c1-3-5-7-9-11-13-15-17-19-21-20-18-16-14-12-10-8-6-4-2/h6H,1,3-5,7-21H2,2H3. The van der Waals surface area contributed by atoms with E-state index in [1.54, 1.807) is 0 Å². The van der Waals surface area contributed by atoms with Gasteiger partial charge in [0.25, 0.3) is 0 Å². The van der Waals surface area contributed by atoms with Crippen LogP contribution in [0.2, 0.25) is 0 Å². The zero-order valence-electron chi connectivity index (χ0n) is 15.0. The van der Waals surface area contributed by atoms with Crippen LogP contribution in [0.3, 0.4) is 0 Å². The van der Waals surface area contributed by atoms with Crippen molar-refractivity contribution in [2.45, 2.75) is 122 Å². The van der Waals surface area contributed by atoms with E-state index >= 15 is 0 Å². The number of rotatable bonds is 18. The molecule has 0 heterocycles. The maximum atomic E-state index is 3.90. The third kappa shape index (κ3) is 20.0. The first-order chi connectivity index (χ1) is 10.4. The van der Waals surface area contributed by atoms with Crippen LogP contribution < -0.4 is 0 Å². The van der Waals surface area contributed by atoms with Crippen LogP contribution in [0.15, 0.2) is 0 Å². The average molecular weight is 295 g/mol. The summed E-state index contributed by atoms with van der Waals surface area (Å²) in [4.78, 5) is 0. The van der Waals surface area contributed by atoms with Gasteiger partial charge in [-0.3, -0.25) is 0 Å². The Labute approximate surface area is 136 Å². The van der Waals surface area contributed by atoms with Gasteiger partial charge in [-0.05, 0) is 6.42 Å². The van der Waals surface area contributed by atoms with Crippen LogP contribution in [0.25, 0.3) is 0 Å². The summed E-state index contributed by atoms with van der Waals surface area (Å²) in [6.07, 6.45) is 27.9. The summed E-state index contributed by atoms with van der Waals surface area (Å²) in [6.45, 7) is 6.14. The van der Waals surface area contributed by atoms with Gasteiger partial charge in [0.2, 0.25) is 0 Å². The molecule has 0 fully saturated rings. The Balaban J connectivity index is 2.90. The lowest BCUT2D eigenvalue weighted by Crippen LogP contribution is -1.84. The molecule has 2 radical (unpaired) electrons. The summed E-state index contributed by atoms with van der Waals surface area (Å²) in [5.41, 5.74) is 0. The normalized spacial score (nSPS) is 11.1. The van der Waals surface area contributed by atoms with Crippen LogP contribution in [0.1, 0.15) is 122 Å². The second kappa shape index (κ2) is 20.0. The van der Waals surface area contributed by atoms with E-state index in [0.29, 0.717) is 0 Å². The summed E-state index contributed by atoms with van der Waals surface area (Å²) in [7, 11) is 0. The van der Waals surface area contributed by atoms with Crippen LogP contribution in [-0.4, -0.2) is 0 Å². The van der Waals surface area contributed by atoms with E-state index in [-0.39, 0.29) is 0 Å². The first kappa shape index (κ1) is 21.0. The second-order valence-corrected chi connectivity index (χ2v) is 6.64. The van der Waals surface area contributed by atoms with Gasteiger partial charge in [-0.25, -0.2) is 0 Å². The van der Waals surface area contributed by atoms with Crippen LogP contribution in [0.4, 0.5) is 0 Å². The molecule has 0 atom stereocenters. The van der Waals surface area contributed by atoms with Gasteiger partial charge in [0.05, 0.1) is 0 Å². The quantitative estimate of drug-likeness (QED) is 0.224. The fraction of sp³-hybridized carbons (Fsp3) is 0.905. The SMILES string of the molecule is [CH2]CCCCCCCCCCCCCCCCC[CH]CC. The molecule has 0 rings (SSSR count). The average Bonchev–Trinajstić information content (AvgIpc) is 2.50. The zero-order valence-corrected chi connectivity index (χ0v) is 15.0. The highest BCUT2D eigenvalue weighted by Crippen LogP contribution is 2.14. The second-order valence-electron chi connectivity index (χ2n) is 6.64. The van der Waals surface area contributed by atoms with Gasteiger partial charge in [-0.15, -0.1) is 0 Å². The van der Waals surface area contributed by atoms with Crippen LogP contribution in [-0.2, 0) is 0 Å². The van der Waals surface area contributed by atoms with Gasteiger partial charge in [0.1, 0.15) is 0 Å². The molecule has 0 saturated carbocycles. The molecule has 0 bridgehead atoms. The number of hydrogen-bond acceptors (Lipinski definition) is 0. The molecule has 0 amide bonds. The minimum absolute atomic E-state index is 1.12. The van der Waals surface area contributed by atoms with E-state index in [4.69, 9.17) is 0 Å². The van der Waals surface area contributed by atoms with E-state index in [1.807, 2.05) is 0 Å². The van der Waals surface area contributed by atoms with Crippen molar-refractivity contribution in [2.24, 2.45) is 0 Å². The molecule has 126 valence electrons. The Morgan fingerprint density at radius 1 is 0.524 bits per heavy atom. The molecule has 21 heavy (non-hydrogen) atoms. The van der Waals surface area contributed by atoms with Gasteiger partial charge < -0.3 is 0 Å². The van der Waals surface area contributed by atoms with Crippen molar-refractivity contribution in [3.63, 3.8) is 0 Å². The van der Waals surface area contributed by atoms with Crippen molar-refractivity contribution >= 4 is 0 Å². The lowest BCUT2D eigenvalue weighted by atomic mass is 10.0. The van der Waals surface area contributed by atoms with Gasteiger partial charge in [0, 0.05) is 0 Å². The van der Waals surface area contributed by atoms with Crippen LogP contribution in [0.5, 0.6) is 0 Å². The third-order valence-corrected chi connectivity index (χ3v) is 4.45. The fourth-order valence-electron chi connectivity index (χ4n) is 2.97. The van der Waals surface area contributed by atoms with Crippen LogP contribution >= 0.6 is 0 Å². The molecule has 0 nitrogen and oxygen atoms in total. The largest absolute Gasteiger partial charge is 0.0651 e. The topological polar surface area (TPSA) is 0 Å². The molecule has 0 saturated heterocycles. The molecule has 0 aromatic rings.